The molecule has 0 spiro atoms. The average Bonchev–Trinajstić information content (AvgIpc) is 2.83. The Kier molecular flexibility index (Phi) is 3.60. The number of benzene rings is 2. The quantitative estimate of drug-likeness (QED) is 0.718. The van der Waals surface area contributed by atoms with Crippen molar-refractivity contribution in [3.63, 3.8) is 0 Å². The lowest BCUT2D eigenvalue weighted by Crippen LogP contribution is -1.99. The molecule has 3 rings (SSSR count). The third-order valence-corrected chi connectivity index (χ3v) is 4.58. The number of para-hydroxylation sites is 1. The average molecular weight is 309 g/mol. The van der Waals surface area contributed by atoms with Gasteiger partial charge in [-0.25, -0.2) is 4.98 Å². The van der Waals surface area contributed by atoms with Crippen LogP contribution in [0.3, 0.4) is 0 Å². The highest BCUT2D eigenvalue weighted by Crippen LogP contribution is 2.30. The first-order valence-corrected chi connectivity index (χ1v) is 7.33. The Morgan fingerprint density at radius 2 is 1.89 bits per heavy atom. The molecule has 1 heterocycles. The molecule has 0 bridgehead atoms. The molecule has 2 aromatic carbocycles. The van der Waals surface area contributed by atoms with Crippen LogP contribution in [0.1, 0.15) is 5.01 Å². The maximum atomic E-state index is 6.13. The lowest BCUT2D eigenvalue weighted by Gasteiger charge is -2.07. The first-order valence-electron chi connectivity index (χ1n) is 5.76. The van der Waals surface area contributed by atoms with Gasteiger partial charge in [0.05, 0.1) is 32.5 Å². The van der Waals surface area contributed by atoms with Crippen LogP contribution < -0.4 is 5.32 Å². The van der Waals surface area contributed by atoms with Gasteiger partial charge in [0.15, 0.2) is 0 Å². The van der Waals surface area contributed by atoms with Crippen molar-refractivity contribution in [2.45, 2.75) is 6.54 Å². The third-order valence-electron chi connectivity index (χ3n) is 2.72. The van der Waals surface area contributed by atoms with Crippen molar-refractivity contribution in [2.24, 2.45) is 0 Å². The Morgan fingerprint density at radius 3 is 2.74 bits per heavy atom. The summed E-state index contributed by atoms with van der Waals surface area (Å²) in [7, 11) is 0. The van der Waals surface area contributed by atoms with Crippen LogP contribution in [-0.4, -0.2) is 4.98 Å². The van der Waals surface area contributed by atoms with Crippen LogP contribution in [0.2, 0.25) is 10.0 Å². The first kappa shape index (κ1) is 12.7. The summed E-state index contributed by atoms with van der Waals surface area (Å²) < 4.78 is 1.19. The highest BCUT2D eigenvalue weighted by Gasteiger charge is 2.06. The SMILES string of the molecule is Clc1cccc(NCc2nc3ccccc3s2)c1Cl. The lowest BCUT2D eigenvalue weighted by atomic mass is 10.3. The number of halogens is 2. The number of fused-ring (bicyclic) bond motifs is 1. The zero-order chi connectivity index (χ0) is 13.2. The molecule has 1 aromatic heterocycles. The largest absolute Gasteiger partial charge is 0.377 e. The summed E-state index contributed by atoms with van der Waals surface area (Å²) in [6, 6.07) is 13.6. The van der Waals surface area contributed by atoms with E-state index < -0.39 is 0 Å². The minimum Gasteiger partial charge on any atom is -0.377 e. The molecule has 0 aliphatic carbocycles. The Balaban J connectivity index is 1.80. The highest BCUT2D eigenvalue weighted by atomic mass is 35.5. The van der Waals surface area contributed by atoms with Crippen molar-refractivity contribution >= 4 is 50.4 Å². The normalized spacial score (nSPS) is 10.8. The van der Waals surface area contributed by atoms with E-state index in [1.165, 1.54) is 4.70 Å². The summed E-state index contributed by atoms with van der Waals surface area (Å²) >= 11 is 13.8. The van der Waals surface area contributed by atoms with Crippen LogP contribution in [0, 0.1) is 0 Å². The number of aromatic nitrogens is 1. The topological polar surface area (TPSA) is 24.9 Å². The van der Waals surface area contributed by atoms with E-state index >= 15 is 0 Å². The first-order chi connectivity index (χ1) is 9.24. The standard InChI is InChI=1S/C14H10Cl2N2S/c15-9-4-3-6-11(14(9)16)17-8-13-18-10-5-1-2-7-12(10)19-13/h1-7,17H,8H2. The number of rotatable bonds is 3. The number of hydrogen-bond donors (Lipinski definition) is 1. The monoisotopic (exact) mass is 308 g/mol. The number of hydrogen-bond acceptors (Lipinski definition) is 3. The van der Waals surface area contributed by atoms with Gasteiger partial charge in [0.2, 0.25) is 0 Å². The Labute approximate surface area is 125 Å². The van der Waals surface area contributed by atoms with Gasteiger partial charge in [-0.3, -0.25) is 0 Å². The molecule has 0 saturated carbocycles. The molecule has 0 amide bonds. The molecule has 0 radical (unpaired) electrons. The van der Waals surface area contributed by atoms with Gasteiger partial charge < -0.3 is 5.32 Å². The molecule has 1 N–H and O–H groups in total. The summed E-state index contributed by atoms with van der Waals surface area (Å²) in [5.41, 5.74) is 1.86. The zero-order valence-corrected chi connectivity index (χ0v) is 12.2. The van der Waals surface area contributed by atoms with Crippen LogP contribution >= 0.6 is 34.5 Å². The van der Waals surface area contributed by atoms with E-state index in [2.05, 4.69) is 16.4 Å². The van der Waals surface area contributed by atoms with Gasteiger partial charge in [-0.1, -0.05) is 41.4 Å². The van der Waals surface area contributed by atoms with Crippen molar-refractivity contribution in [3.8, 4) is 0 Å². The van der Waals surface area contributed by atoms with Crippen molar-refractivity contribution in [2.75, 3.05) is 5.32 Å². The maximum absolute atomic E-state index is 6.13. The molecule has 19 heavy (non-hydrogen) atoms. The Morgan fingerprint density at radius 1 is 1.05 bits per heavy atom. The molecule has 96 valence electrons. The fraction of sp³-hybridized carbons (Fsp3) is 0.0714. The van der Waals surface area contributed by atoms with E-state index in [9.17, 15) is 0 Å². The Hall–Kier alpha value is -1.29. The molecule has 0 aliphatic heterocycles. The van der Waals surface area contributed by atoms with Crippen LogP contribution in [0.15, 0.2) is 42.5 Å². The van der Waals surface area contributed by atoms with Crippen LogP contribution in [0.25, 0.3) is 10.2 Å². The molecule has 5 heteroatoms. The molecule has 0 unspecified atom stereocenters. The fourth-order valence-corrected chi connectivity index (χ4v) is 3.08. The van der Waals surface area contributed by atoms with Crippen LogP contribution in [0.5, 0.6) is 0 Å². The van der Waals surface area contributed by atoms with E-state index in [1.54, 1.807) is 17.4 Å². The van der Waals surface area contributed by atoms with Crippen molar-refractivity contribution in [1.29, 1.82) is 0 Å². The Bertz CT molecular complexity index is 691. The second-order valence-corrected chi connectivity index (χ2v) is 5.93. The number of nitrogens with one attached hydrogen (secondary N) is 1. The van der Waals surface area contributed by atoms with Crippen molar-refractivity contribution in [1.82, 2.24) is 4.98 Å². The zero-order valence-electron chi connectivity index (χ0n) is 9.86. The van der Waals surface area contributed by atoms with E-state index in [-0.39, 0.29) is 0 Å². The molecule has 3 aromatic rings. The van der Waals surface area contributed by atoms with Gasteiger partial charge in [-0.2, -0.15) is 0 Å². The minimum atomic E-state index is 0.547. The maximum Gasteiger partial charge on any atom is 0.113 e. The van der Waals surface area contributed by atoms with Gasteiger partial charge in [-0.15, -0.1) is 11.3 Å². The van der Waals surface area contributed by atoms with E-state index in [4.69, 9.17) is 23.2 Å². The molecule has 0 aliphatic rings. The minimum absolute atomic E-state index is 0.547. The van der Waals surface area contributed by atoms with Crippen molar-refractivity contribution in [3.05, 3.63) is 57.5 Å². The summed E-state index contributed by atoms with van der Waals surface area (Å²) in [6.45, 7) is 0.638. The molecule has 2 nitrogen and oxygen atoms in total. The number of thiazole rings is 1. The van der Waals surface area contributed by atoms with Gasteiger partial charge in [0.25, 0.3) is 0 Å². The molecule has 0 fully saturated rings. The van der Waals surface area contributed by atoms with Gasteiger partial charge in [-0.05, 0) is 24.3 Å². The van der Waals surface area contributed by atoms with Gasteiger partial charge in [0.1, 0.15) is 5.01 Å². The van der Waals surface area contributed by atoms with E-state index in [0.29, 0.717) is 16.6 Å². The predicted octanol–water partition coefficient (Wildman–Crippen LogP) is 5.22. The summed E-state index contributed by atoms with van der Waals surface area (Å²) in [5, 5.41) is 5.39. The van der Waals surface area contributed by atoms with E-state index in [1.807, 2.05) is 30.3 Å². The molecular formula is C14H10Cl2N2S. The lowest BCUT2D eigenvalue weighted by molar-refractivity contribution is 1.12. The second-order valence-electron chi connectivity index (χ2n) is 4.03. The van der Waals surface area contributed by atoms with Crippen molar-refractivity contribution < 1.29 is 0 Å². The molecule has 0 atom stereocenters. The highest BCUT2D eigenvalue weighted by molar-refractivity contribution is 7.18. The third kappa shape index (κ3) is 2.68. The predicted molar refractivity (Wildman–Crippen MR) is 83.4 cm³/mol. The van der Waals surface area contributed by atoms with E-state index in [0.717, 1.165) is 16.2 Å². The summed E-state index contributed by atoms with van der Waals surface area (Å²) in [4.78, 5) is 4.56. The summed E-state index contributed by atoms with van der Waals surface area (Å²) in [5.74, 6) is 0. The van der Waals surface area contributed by atoms with Gasteiger partial charge >= 0.3 is 0 Å². The number of nitrogens with zero attached hydrogens (tertiary/aromatic N) is 1. The van der Waals surface area contributed by atoms with Gasteiger partial charge in [0, 0.05) is 0 Å². The second kappa shape index (κ2) is 5.37. The molecule has 0 saturated heterocycles. The van der Waals surface area contributed by atoms with Crippen LogP contribution in [0.4, 0.5) is 5.69 Å². The molecular weight excluding hydrogens is 299 g/mol. The van der Waals surface area contributed by atoms with Crippen LogP contribution in [-0.2, 0) is 6.54 Å². The fourth-order valence-electron chi connectivity index (χ4n) is 1.81. The summed E-state index contributed by atoms with van der Waals surface area (Å²) in [6.07, 6.45) is 0. The number of anilines is 1. The smallest absolute Gasteiger partial charge is 0.113 e.